The second-order valence-electron chi connectivity index (χ2n) is 5.06. The molecule has 1 aromatic carbocycles. The summed E-state index contributed by atoms with van der Waals surface area (Å²) in [5.74, 6) is 1.51. The number of ether oxygens (including phenoxy) is 1. The van der Waals surface area contributed by atoms with Crippen LogP contribution in [-0.2, 0) is 0 Å². The minimum Gasteiger partial charge on any atom is -0.492 e. The predicted octanol–water partition coefficient (Wildman–Crippen LogP) is 2.42. The lowest BCUT2D eigenvalue weighted by Gasteiger charge is -2.34. The van der Waals surface area contributed by atoms with E-state index in [0.717, 1.165) is 36.7 Å². The van der Waals surface area contributed by atoms with Crippen molar-refractivity contribution < 1.29 is 9.84 Å². The van der Waals surface area contributed by atoms with E-state index >= 15 is 0 Å². The van der Waals surface area contributed by atoms with Crippen molar-refractivity contribution in [2.24, 2.45) is 5.92 Å². The Kier molecular flexibility index (Phi) is 4.87. The molecule has 18 heavy (non-hydrogen) atoms. The highest BCUT2D eigenvalue weighted by Gasteiger charge is 2.27. The third kappa shape index (κ3) is 4.16. The van der Waals surface area contributed by atoms with Gasteiger partial charge in [-0.1, -0.05) is 11.6 Å². The minimum atomic E-state index is -0.0614. The molecule has 0 atom stereocenters. The van der Waals surface area contributed by atoms with Gasteiger partial charge < -0.3 is 14.7 Å². The van der Waals surface area contributed by atoms with Crippen LogP contribution >= 0.6 is 11.6 Å². The van der Waals surface area contributed by atoms with E-state index in [2.05, 4.69) is 11.9 Å². The van der Waals surface area contributed by atoms with Crippen LogP contribution in [0.4, 0.5) is 0 Å². The van der Waals surface area contributed by atoms with Gasteiger partial charge in [0.2, 0.25) is 0 Å². The van der Waals surface area contributed by atoms with Crippen LogP contribution in [0.1, 0.15) is 12.8 Å². The van der Waals surface area contributed by atoms with Crippen LogP contribution in [0.5, 0.6) is 5.75 Å². The van der Waals surface area contributed by atoms with Gasteiger partial charge in [-0.2, -0.15) is 0 Å². The molecule has 0 saturated heterocycles. The van der Waals surface area contributed by atoms with Gasteiger partial charge in [0.25, 0.3) is 0 Å². The Morgan fingerprint density at radius 2 is 2.00 bits per heavy atom. The van der Waals surface area contributed by atoms with Crippen LogP contribution in [0.25, 0.3) is 0 Å². The second-order valence-corrected chi connectivity index (χ2v) is 5.49. The third-order valence-electron chi connectivity index (χ3n) is 3.34. The molecule has 100 valence electrons. The largest absolute Gasteiger partial charge is 0.492 e. The van der Waals surface area contributed by atoms with Gasteiger partial charge >= 0.3 is 0 Å². The maximum atomic E-state index is 9.22. The van der Waals surface area contributed by atoms with E-state index in [1.807, 2.05) is 24.3 Å². The van der Waals surface area contributed by atoms with Gasteiger partial charge in [0.05, 0.1) is 6.10 Å². The monoisotopic (exact) mass is 269 g/mol. The molecule has 1 aliphatic rings. The third-order valence-corrected chi connectivity index (χ3v) is 3.59. The molecular formula is C14H20ClNO2. The first kappa shape index (κ1) is 13.7. The van der Waals surface area contributed by atoms with Crippen LogP contribution in [0, 0.1) is 5.92 Å². The Labute approximate surface area is 113 Å². The SMILES string of the molecule is CN(CCOc1ccc(Cl)cc1)CC1CC(O)C1. The van der Waals surface area contributed by atoms with Crippen LogP contribution in [0.2, 0.25) is 5.02 Å². The fourth-order valence-corrected chi connectivity index (χ4v) is 2.36. The van der Waals surface area contributed by atoms with Crippen LogP contribution in [0.3, 0.4) is 0 Å². The molecule has 1 saturated carbocycles. The maximum Gasteiger partial charge on any atom is 0.119 e. The molecule has 2 rings (SSSR count). The number of aliphatic hydroxyl groups is 1. The Morgan fingerprint density at radius 3 is 2.61 bits per heavy atom. The molecular weight excluding hydrogens is 250 g/mol. The van der Waals surface area contributed by atoms with Gasteiger partial charge in [0.15, 0.2) is 0 Å². The van der Waals surface area contributed by atoms with Crippen molar-refractivity contribution in [3.8, 4) is 5.75 Å². The van der Waals surface area contributed by atoms with Crippen molar-refractivity contribution in [1.29, 1.82) is 0 Å². The topological polar surface area (TPSA) is 32.7 Å². The highest BCUT2D eigenvalue weighted by molar-refractivity contribution is 6.30. The number of likely N-dealkylation sites (N-methyl/N-ethyl adjacent to an activating group) is 1. The highest BCUT2D eigenvalue weighted by atomic mass is 35.5. The van der Waals surface area contributed by atoms with Gasteiger partial charge in [0, 0.05) is 18.1 Å². The Morgan fingerprint density at radius 1 is 1.33 bits per heavy atom. The first-order chi connectivity index (χ1) is 8.63. The van der Waals surface area contributed by atoms with Crippen molar-refractivity contribution in [2.75, 3.05) is 26.7 Å². The number of hydrogen-bond acceptors (Lipinski definition) is 3. The lowest BCUT2D eigenvalue weighted by atomic mass is 9.82. The zero-order valence-electron chi connectivity index (χ0n) is 10.7. The summed E-state index contributed by atoms with van der Waals surface area (Å²) in [4.78, 5) is 2.26. The summed E-state index contributed by atoms with van der Waals surface area (Å²) in [6.07, 6.45) is 1.83. The molecule has 1 N–H and O–H groups in total. The fourth-order valence-electron chi connectivity index (χ4n) is 2.23. The Hall–Kier alpha value is -0.770. The summed E-state index contributed by atoms with van der Waals surface area (Å²) in [6, 6.07) is 7.42. The molecule has 0 heterocycles. The average molecular weight is 270 g/mol. The summed E-state index contributed by atoms with van der Waals surface area (Å²) in [7, 11) is 2.09. The molecule has 0 radical (unpaired) electrons. The summed E-state index contributed by atoms with van der Waals surface area (Å²) in [5.41, 5.74) is 0. The molecule has 0 spiro atoms. The van der Waals surface area contributed by atoms with E-state index in [9.17, 15) is 5.11 Å². The van der Waals surface area contributed by atoms with Gasteiger partial charge in [-0.15, -0.1) is 0 Å². The number of benzene rings is 1. The van der Waals surface area contributed by atoms with Crippen molar-refractivity contribution in [1.82, 2.24) is 4.90 Å². The summed E-state index contributed by atoms with van der Waals surface area (Å²) < 4.78 is 5.64. The zero-order chi connectivity index (χ0) is 13.0. The molecule has 0 aliphatic heterocycles. The summed E-state index contributed by atoms with van der Waals surface area (Å²) in [5, 5.41) is 9.95. The molecule has 1 fully saturated rings. The van der Waals surface area contributed by atoms with E-state index in [1.165, 1.54) is 0 Å². The molecule has 0 amide bonds. The number of halogens is 1. The molecule has 4 heteroatoms. The summed E-state index contributed by atoms with van der Waals surface area (Å²) in [6.45, 7) is 2.61. The fraction of sp³-hybridized carbons (Fsp3) is 0.571. The summed E-state index contributed by atoms with van der Waals surface area (Å²) >= 11 is 5.80. The van der Waals surface area contributed by atoms with Crippen molar-refractivity contribution in [3.63, 3.8) is 0 Å². The first-order valence-electron chi connectivity index (χ1n) is 6.38. The Bertz CT molecular complexity index is 363. The first-order valence-corrected chi connectivity index (χ1v) is 6.76. The maximum absolute atomic E-state index is 9.22. The number of rotatable bonds is 6. The number of aliphatic hydroxyl groups excluding tert-OH is 1. The lowest BCUT2D eigenvalue weighted by Crippen LogP contribution is -2.38. The smallest absolute Gasteiger partial charge is 0.119 e. The second kappa shape index (κ2) is 6.41. The zero-order valence-corrected chi connectivity index (χ0v) is 11.4. The standard InChI is InChI=1S/C14H20ClNO2/c1-16(10-11-8-13(17)9-11)6-7-18-14-4-2-12(15)3-5-14/h2-5,11,13,17H,6-10H2,1H3. The number of hydrogen-bond donors (Lipinski definition) is 1. The molecule has 3 nitrogen and oxygen atoms in total. The molecule has 1 aliphatic carbocycles. The molecule has 0 bridgehead atoms. The minimum absolute atomic E-state index is 0.0614. The van der Waals surface area contributed by atoms with Crippen molar-refractivity contribution >= 4 is 11.6 Å². The Balaban J connectivity index is 1.61. The van der Waals surface area contributed by atoms with Gasteiger partial charge in [-0.25, -0.2) is 0 Å². The predicted molar refractivity (Wildman–Crippen MR) is 73.2 cm³/mol. The molecule has 0 aromatic heterocycles. The quantitative estimate of drug-likeness (QED) is 0.861. The van der Waals surface area contributed by atoms with Gasteiger partial charge in [-0.05, 0) is 50.1 Å². The lowest BCUT2D eigenvalue weighted by molar-refractivity contribution is 0.0269. The van der Waals surface area contributed by atoms with E-state index in [-0.39, 0.29) is 6.10 Å². The van der Waals surface area contributed by atoms with Crippen LogP contribution in [-0.4, -0.2) is 42.9 Å². The van der Waals surface area contributed by atoms with Crippen LogP contribution < -0.4 is 4.74 Å². The van der Waals surface area contributed by atoms with Crippen molar-refractivity contribution in [2.45, 2.75) is 18.9 Å². The van der Waals surface area contributed by atoms with Crippen molar-refractivity contribution in [3.05, 3.63) is 29.3 Å². The highest BCUT2D eigenvalue weighted by Crippen LogP contribution is 2.27. The molecule has 1 aromatic rings. The van der Waals surface area contributed by atoms with E-state index in [0.29, 0.717) is 12.5 Å². The van der Waals surface area contributed by atoms with E-state index in [4.69, 9.17) is 16.3 Å². The van der Waals surface area contributed by atoms with E-state index in [1.54, 1.807) is 0 Å². The number of nitrogens with zero attached hydrogens (tertiary/aromatic N) is 1. The van der Waals surface area contributed by atoms with E-state index < -0.39 is 0 Å². The molecule has 0 unspecified atom stereocenters. The normalized spacial score (nSPS) is 22.9. The average Bonchev–Trinajstić information content (AvgIpc) is 2.30. The van der Waals surface area contributed by atoms with Gasteiger partial charge in [0.1, 0.15) is 12.4 Å². The van der Waals surface area contributed by atoms with Gasteiger partial charge in [-0.3, -0.25) is 0 Å². The van der Waals surface area contributed by atoms with Crippen LogP contribution in [0.15, 0.2) is 24.3 Å².